The zero-order valence-electron chi connectivity index (χ0n) is 10.1. The van der Waals surface area contributed by atoms with E-state index in [1.54, 1.807) is 12.1 Å². The molecule has 0 aromatic heterocycles. The van der Waals surface area contributed by atoms with Crippen molar-refractivity contribution in [3.63, 3.8) is 0 Å². The van der Waals surface area contributed by atoms with E-state index in [2.05, 4.69) is 4.74 Å². The average Bonchev–Trinajstić information content (AvgIpc) is 2.27. The monoisotopic (exact) mass is 258 g/mol. The highest BCUT2D eigenvalue weighted by molar-refractivity contribution is 5.66. The zero-order valence-corrected chi connectivity index (χ0v) is 10.1. The minimum atomic E-state index is -2.83. The summed E-state index contributed by atoms with van der Waals surface area (Å²) < 4.78 is 28.4. The standard InChI is InChI=1S/C13H16F2O3/c1-9(4-2-7-12(16)17)10-5-3-6-11(8-10)18-13(14)15/h3,5-6,8-9,13H,2,4,7H2,1H3,(H,16,17). The number of hydrogen-bond acceptors (Lipinski definition) is 2. The molecule has 0 aliphatic carbocycles. The second-order valence-electron chi connectivity index (χ2n) is 4.14. The van der Waals surface area contributed by atoms with Crippen molar-refractivity contribution in [2.24, 2.45) is 0 Å². The summed E-state index contributed by atoms with van der Waals surface area (Å²) >= 11 is 0. The van der Waals surface area contributed by atoms with Crippen molar-refractivity contribution in [1.82, 2.24) is 0 Å². The fourth-order valence-corrected chi connectivity index (χ4v) is 1.72. The molecule has 0 spiro atoms. The summed E-state index contributed by atoms with van der Waals surface area (Å²) in [5, 5.41) is 8.54. The highest BCUT2D eigenvalue weighted by Crippen LogP contribution is 2.25. The van der Waals surface area contributed by atoms with Gasteiger partial charge in [-0.1, -0.05) is 19.1 Å². The summed E-state index contributed by atoms with van der Waals surface area (Å²) in [7, 11) is 0. The Morgan fingerprint density at radius 3 is 2.78 bits per heavy atom. The van der Waals surface area contributed by atoms with Gasteiger partial charge in [-0.3, -0.25) is 4.79 Å². The van der Waals surface area contributed by atoms with E-state index in [4.69, 9.17) is 5.11 Å². The lowest BCUT2D eigenvalue weighted by atomic mass is 9.95. The summed E-state index contributed by atoms with van der Waals surface area (Å²) in [4.78, 5) is 10.4. The molecule has 0 saturated carbocycles. The number of ether oxygens (including phenoxy) is 1. The molecular weight excluding hydrogens is 242 g/mol. The number of carbonyl (C=O) groups is 1. The number of halogens is 2. The molecule has 5 heteroatoms. The van der Waals surface area contributed by atoms with Crippen LogP contribution < -0.4 is 4.74 Å². The van der Waals surface area contributed by atoms with Gasteiger partial charge in [-0.25, -0.2) is 0 Å². The van der Waals surface area contributed by atoms with Gasteiger partial charge in [0.1, 0.15) is 5.75 Å². The molecular formula is C13H16F2O3. The minimum absolute atomic E-state index is 0.116. The fraction of sp³-hybridized carbons (Fsp3) is 0.462. The third kappa shape index (κ3) is 5.12. The molecule has 0 amide bonds. The van der Waals surface area contributed by atoms with Crippen molar-refractivity contribution < 1.29 is 23.4 Å². The van der Waals surface area contributed by atoms with Crippen LogP contribution in [0.2, 0.25) is 0 Å². The van der Waals surface area contributed by atoms with Gasteiger partial charge in [0.15, 0.2) is 0 Å². The Bertz CT molecular complexity index is 394. The SMILES string of the molecule is CC(CCCC(=O)O)c1cccc(OC(F)F)c1. The topological polar surface area (TPSA) is 46.5 Å². The molecule has 1 atom stereocenters. The predicted octanol–water partition coefficient (Wildman–Crippen LogP) is 3.65. The number of aliphatic carboxylic acids is 1. The molecule has 1 aromatic carbocycles. The summed E-state index contributed by atoms with van der Waals surface area (Å²) in [6, 6.07) is 6.52. The van der Waals surface area contributed by atoms with Gasteiger partial charge in [-0.05, 0) is 36.5 Å². The lowest BCUT2D eigenvalue weighted by Crippen LogP contribution is -2.03. The number of benzene rings is 1. The first kappa shape index (κ1) is 14.4. The third-order valence-electron chi connectivity index (χ3n) is 2.68. The second-order valence-corrected chi connectivity index (χ2v) is 4.14. The highest BCUT2D eigenvalue weighted by Gasteiger charge is 2.09. The third-order valence-corrected chi connectivity index (χ3v) is 2.68. The van der Waals surface area contributed by atoms with Crippen LogP contribution in [0.1, 0.15) is 37.7 Å². The van der Waals surface area contributed by atoms with Crippen LogP contribution in [0.25, 0.3) is 0 Å². The number of hydrogen-bond donors (Lipinski definition) is 1. The highest BCUT2D eigenvalue weighted by atomic mass is 19.3. The van der Waals surface area contributed by atoms with E-state index in [1.807, 2.05) is 13.0 Å². The minimum Gasteiger partial charge on any atom is -0.481 e. The maximum Gasteiger partial charge on any atom is 0.387 e. The molecule has 0 bridgehead atoms. The van der Waals surface area contributed by atoms with Crippen LogP contribution >= 0.6 is 0 Å². The molecule has 18 heavy (non-hydrogen) atoms. The molecule has 0 fully saturated rings. The number of carboxylic acid groups (broad SMARTS) is 1. The van der Waals surface area contributed by atoms with Gasteiger partial charge in [0.25, 0.3) is 0 Å². The Kier molecular flexibility index (Phi) is 5.55. The van der Waals surface area contributed by atoms with Gasteiger partial charge in [0.05, 0.1) is 0 Å². The van der Waals surface area contributed by atoms with E-state index in [1.165, 1.54) is 6.07 Å². The van der Waals surface area contributed by atoms with E-state index >= 15 is 0 Å². The van der Waals surface area contributed by atoms with Crippen LogP contribution in [0.4, 0.5) is 8.78 Å². The smallest absolute Gasteiger partial charge is 0.387 e. The molecule has 1 rings (SSSR count). The Balaban J connectivity index is 2.56. The predicted molar refractivity (Wildman–Crippen MR) is 63.0 cm³/mol. The van der Waals surface area contributed by atoms with Crippen molar-refractivity contribution in [2.75, 3.05) is 0 Å². The summed E-state index contributed by atoms with van der Waals surface area (Å²) in [6.45, 7) is -0.897. The molecule has 1 aromatic rings. The van der Waals surface area contributed by atoms with Crippen molar-refractivity contribution in [1.29, 1.82) is 0 Å². The summed E-state index contributed by atoms with van der Waals surface area (Å²) in [5.74, 6) is -0.574. The molecule has 1 unspecified atom stereocenters. The Morgan fingerprint density at radius 2 is 2.17 bits per heavy atom. The van der Waals surface area contributed by atoms with Crippen molar-refractivity contribution in [2.45, 2.75) is 38.7 Å². The molecule has 0 radical (unpaired) electrons. The van der Waals surface area contributed by atoms with Gasteiger partial charge in [-0.2, -0.15) is 8.78 Å². The first-order valence-electron chi connectivity index (χ1n) is 5.75. The van der Waals surface area contributed by atoms with Crippen molar-refractivity contribution >= 4 is 5.97 Å². The maximum atomic E-state index is 12.1. The van der Waals surface area contributed by atoms with Gasteiger partial charge < -0.3 is 9.84 Å². The largest absolute Gasteiger partial charge is 0.481 e. The van der Waals surface area contributed by atoms with E-state index < -0.39 is 12.6 Å². The lowest BCUT2D eigenvalue weighted by molar-refractivity contribution is -0.137. The van der Waals surface area contributed by atoms with Gasteiger partial charge in [0.2, 0.25) is 0 Å². The lowest BCUT2D eigenvalue weighted by Gasteiger charge is -2.13. The Labute approximate surface area is 104 Å². The van der Waals surface area contributed by atoms with Gasteiger partial charge >= 0.3 is 12.6 Å². The van der Waals surface area contributed by atoms with Crippen LogP contribution in [0.5, 0.6) is 5.75 Å². The number of alkyl halides is 2. The zero-order chi connectivity index (χ0) is 13.5. The summed E-state index contributed by atoms with van der Waals surface area (Å²) in [6.07, 6.45) is 1.39. The van der Waals surface area contributed by atoms with Crippen LogP contribution in [0.15, 0.2) is 24.3 Å². The van der Waals surface area contributed by atoms with Crippen molar-refractivity contribution in [3.05, 3.63) is 29.8 Å². The van der Waals surface area contributed by atoms with E-state index in [0.717, 1.165) is 5.56 Å². The summed E-state index contributed by atoms with van der Waals surface area (Å²) in [5.41, 5.74) is 0.874. The second kappa shape index (κ2) is 6.93. The van der Waals surface area contributed by atoms with Crippen LogP contribution in [-0.2, 0) is 4.79 Å². The molecule has 1 N–H and O–H groups in total. The van der Waals surface area contributed by atoms with E-state index in [0.29, 0.717) is 12.8 Å². The molecule has 0 heterocycles. The molecule has 3 nitrogen and oxygen atoms in total. The van der Waals surface area contributed by atoms with E-state index in [9.17, 15) is 13.6 Å². The number of carboxylic acids is 1. The van der Waals surface area contributed by atoms with Gasteiger partial charge in [-0.15, -0.1) is 0 Å². The van der Waals surface area contributed by atoms with E-state index in [-0.39, 0.29) is 18.1 Å². The normalized spacial score (nSPS) is 12.4. The van der Waals surface area contributed by atoms with Gasteiger partial charge in [0, 0.05) is 6.42 Å². The first-order valence-corrected chi connectivity index (χ1v) is 5.75. The molecule has 0 aliphatic rings. The molecule has 100 valence electrons. The molecule has 0 aliphatic heterocycles. The molecule has 0 saturated heterocycles. The Morgan fingerprint density at radius 1 is 1.44 bits per heavy atom. The van der Waals surface area contributed by atoms with Crippen LogP contribution in [0.3, 0.4) is 0 Å². The maximum absolute atomic E-state index is 12.1. The van der Waals surface area contributed by atoms with Crippen LogP contribution in [0, 0.1) is 0 Å². The quantitative estimate of drug-likeness (QED) is 0.812. The average molecular weight is 258 g/mol. The van der Waals surface area contributed by atoms with Crippen LogP contribution in [-0.4, -0.2) is 17.7 Å². The number of rotatable bonds is 7. The Hall–Kier alpha value is -1.65. The fourth-order valence-electron chi connectivity index (χ4n) is 1.72. The van der Waals surface area contributed by atoms with Crippen molar-refractivity contribution in [3.8, 4) is 5.75 Å². The first-order chi connectivity index (χ1) is 8.49.